The number of esters is 3. The first-order valence-electron chi connectivity index (χ1n) is 26.8. The lowest BCUT2D eigenvalue weighted by Gasteiger charge is -2.18. The largest absolute Gasteiger partial charge is 0.462 e. The molecule has 0 aliphatic heterocycles. The van der Waals surface area contributed by atoms with Crippen LogP contribution in [0.2, 0.25) is 0 Å². The average Bonchev–Trinajstić information content (AvgIpc) is 3.26. The normalized spacial score (nSPS) is 12.1. The fourth-order valence-electron chi connectivity index (χ4n) is 7.84. The number of hydrogen-bond acceptors (Lipinski definition) is 6. The van der Waals surface area contributed by atoms with Gasteiger partial charge in [-0.15, -0.1) is 0 Å². The summed E-state index contributed by atoms with van der Waals surface area (Å²) in [6.45, 7) is 6.64. The zero-order chi connectivity index (χ0) is 44.4. The van der Waals surface area contributed by atoms with Gasteiger partial charge in [-0.3, -0.25) is 14.4 Å². The predicted octanol–water partition coefficient (Wildman–Crippen LogP) is 17.5. The third-order valence-electron chi connectivity index (χ3n) is 11.9. The van der Waals surface area contributed by atoms with Crippen LogP contribution in [0.25, 0.3) is 0 Å². The molecule has 0 aromatic heterocycles. The molecular formula is C55H102O6. The van der Waals surface area contributed by atoms with Gasteiger partial charge in [-0.2, -0.15) is 0 Å². The number of hydrogen-bond donors (Lipinski definition) is 0. The maximum atomic E-state index is 12.8. The Balaban J connectivity index is 4.36. The number of rotatable bonds is 49. The van der Waals surface area contributed by atoms with E-state index in [4.69, 9.17) is 14.2 Å². The monoisotopic (exact) mass is 859 g/mol. The molecule has 0 heterocycles. The lowest BCUT2D eigenvalue weighted by atomic mass is 10.0. The van der Waals surface area contributed by atoms with E-state index in [1.807, 2.05) is 0 Å². The Morgan fingerprint density at radius 2 is 0.541 bits per heavy atom. The van der Waals surface area contributed by atoms with Crippen LogP contribution in [0.4, 0.5) is 0 Å². The summed E-state index contributed by atoms with van der Waals surface area (Å²) >= 11 is 0. The summed E-state index contributed by atoms with van der Waals surface area (Å²) in [5.74, 6) is -0.886. The Hall–Kier alpha value is -2.11. The molecule has 0 fully saturated rings. The van der Waals surface area contributed by atoms with Crippen LogP contribution in [-0.2, 0) is 28.6 Å². The van der Waals surface area contributed by atoms with Crippen molar-refractivity contribution in [3.63, 3.8) is 0 Å². The summed E-state index contributed by atoms with van der Waals surface area (Å²) in [5.41, 5.74) is 0. The van der Waals surface area contributed by atoms with Gasteiger partial charge >= 0.3 is 17.9 Å². The molecule has 358 valence electrons. The highest BCUT2D eigenvalue weighted by Gasteiger charge is 2.19. The van der Waals surface area contributed by atoms with Crippen LogP contribution in [0.5, 0.6) is 0 Å². The molecule has 0 aromatic carbocycles. The third kappa shape index (κ3) is 48.8. The van der Waals surface area contributed by atoms with Gasteiger partial charge in [-0.25, -0.2) is 0 Å². The Labute approximate surface area is 379 Å². The number of ether oxygens (including phenoxy) is 3. The molecule has 61 heavy (non-hydrogen) atoms. The maximum Gasteiger partial charge on any atom is 0.306 e. The minimum Gasteiger partial charge on any atom is -0.462 e. The molecule has 0 saturated carbocycles. The first kappa shape index (κ1) is 58.9. The van der Waals surface area contributed by atoms with Gasteiger partial charge in [-0.05, 0) is 70.6 Å². The minimum atomic E-state index is -0.775. The van der Waals surface area contributed by atoms with Gasteiger partial charge in [0.1, 0.15) is 13.2 Å². The molecule has 0 spiro atoms. The smallest absolute Gasteiger partial charge is 0.306 e. The first-order valence-corrected chi connectivity index (χ1v) is 26.8. The van der Waals surface area contributed by atoms with Crippen molar-refractivity contribution < 1.29 is 28.6 Å². The summed E-state index contributed by atoms with van der Waals surface area (Å²) in [6, 6.07) is 0. The molecule has 0 bridgehead atoms. The van der Waals surface area contributed by atoms with Crippen LogP contribution in [-0.4, -0.2) is 37.2 Å². The maximum absolute atomic E-state index is 12.8. The summed E-state index contributed by atoms with van der Waals surface area (Å²) < 4.78 is 16.8. The van der Waals surface area contributed by atoms with E-state index in [1.165, 1.54) is 173 Å². The van der Waals surface area contributed by atoms with Gasteiger partial charge < -0.3 is 14.2 Å². The predicted molar refractivity (Wildman–Crippen MR) is 261 cm³/mol. The fourth-order valence-corrected chi connectivity index (χ4v) is 7.84. The fraction of sp³-hybridized carbons (Fsp3) is 0.873. The molecule has 0 aliphatic rings. The average molecular weight is 859 g/mol. The van der Waals surface area contributed by atoms with E-state index in [-0.39, 0.29) is 31.1 Å². The molecule has 0 aromatic rings. The third-order valence-corrected chi connectivity index (χ3v) is 11.9. The van der Waals surface area contributed by atoms with E-state index >= 15 is 0 Å². The second-order valence-electron chi connectivity index (χ2n) is 18.1. The van der Waals surface area contributed by atoms with Crippen LogP contribution in [0, 0.1) is 0 Å². The summed E-state index contributed by atoms with van der Waals surface area (Å²) in [5, 5.41) is 0. The highest BCUT2D eigenvalue weighted by molar-refractivity contribution is 5.71. The van der Waals surface area contributed by atoms with Crippen molar-refractivity contribution >= 4 is 17.9 Å². The van der Waals surface area contributed by atoms with Gasteiger partial charge in [-0.1, -0.05) is 225 Å². The van der Waals surface area contributed by atoms with Crippen molar-refractivity contribution in [2.75, 3.05) is 13.2 Å². The Kier molecular flexibility index (Phi) is 48.8. The molecule has 0 amide bonds. The summed E-state index contributed by atoms with van der Waals surface area (Å²) in [4.78, 5) is 38.0. The topological polar surface area (TPSA) is 78.9 Å². The van der Waals surface area contributed by atoms with E-state index in [0.29, 0.717) is 19.3 Å². The van der Waals surface area contributed by atoms with Gasteiger partial charge in [0, 0.05) is 19.3 Å². The van der Waals surface area contributed by atoms with Crippen LogP contribution < -0.4 is 0 Å². The van der Waals surface area contributed by atoms with E-state index < -0.39 is 6.10 Å². The quantitative estimate of drug-likeness (QED) is 0.0262. The van der Waals surface area contributed by atoms with Crippen molar-refractivity contribution in [2.45, 2.75) is 297 Å². The van der Waals surface area contributed by atoms with Crippen LogP contribution in [0.15, 0.2) is 24.3 Å². The second-order valence-corrected chi connectivity index (χ2v) is 18.1. The van der Waals surface area contributed by atoms with Crippen LogP contribution in [0.1, 0.15) is 290 Å². The molecule has 0 rings (SSSR count). The molecule has 6 heteroatoms. The zero-order valence-electron chi connectivity index (χ0n) is 40.9. The van der Waals surface area contributed by atoms with E-state index in [0.717, 1.165) is 77.0 Å². The minimum absolute atomic E-state index is 0.0765. The van der Waals surface area contributed by atoms with E-state index in [9.17, 15) is 14.4 Å². The number of carbonyl (C=O) groups is 3. The Morgan fingerprint density at radius 1 is 0.311 bits per heavy atom. The van der Waals surface area contributed by atoms with Gasteiger partial charge in [0.25, 0.3) is 0 Å². The highest BCUT2D eigenvalue weighted by atomic mass is 16.6. The number of unbranched alkanes of at least 4 members (excludes halogenated alkanes) is 34. The molecule has 0 aliphatic carbocycles. The van der Waals surface area contributed by atoms with Crippen molar-refractivity contribution in [3.8, 4) is 0 Å². The summed E-state index contributed by atoms with van der Waals surface area (Å²) in [6.07, 6.45) is 57.3. The molecule has 6 nitrogen and oxygen atoms in total. The van der Waals surface area contributed by atoms with Gasteiger partial charge in [0.05, 0.1) is 0 Å². The number of carbonyl (C=O) groups excluding carboxylic acids is 3. The molecule has 0 radical (unpaired) electrons. The Bertz CT molecular complexity index is 989. The lowest BCUT2D eigenvalue weighted by molar-refractivity contribution is -0.167. The first-order chi connectivity index (χ1) is 30.0. The van der Waals surface area contributed by atoms with Crippen LogP contribution in [0.3, 0.4) is 0 Å². The van der Waals surface area contributed by atoms with E-state index in [1.54, 1.807) is 0 Å². The number of allylic oxidation sites excluding steroid dienone is 4. The van der Waals surface area contributed by atoms with Gasteiger partial charge in [0.15, 0.2) is 6.10 Å². The molecule has 1 unspecified atom stereocenters. The standard InChI is InChI=1S/C55H102O6/c1-4-7-10-13-16-19-22-25-27-28-31-33-36-39-42-45-48-54(57)60-51-52(50-59-53(56)47-44-41-38-35-32-29-24-21-18-15-12-9-6-3)61-55(58)49-46-43-40-37-34-30-26-23-20-17-14-11-8-5-2/h27-29,32,52H,4-26,30-31,33-51H2,1-3H3/b28-27-,32-29-. The van der Waals surface area contributed by atoms with Gasteiger partial charge in [0.2, 0.25) is 0 Å². The van der Waals surface area contributed by atoms with Crippen molar-refractivity contribution in [1.82, 2.24) is 0 Å². The lowest BCUT2D eigenvalue weighted by Crippen LogP contribution is -2.30. The van der Waals surface area contributed by atoms with Crippen molar-refractivity contribution in [2.24, 2.45) is 0 Å². The zero-order valence-corrected chi connectivity index (χ0v) is 40.9. The summed E-state index contributed by atoms with van der Waals surface area (Å²) in [7, 11) is 0. The SMILES string of the molecule is CCCCCCCC/C=C\CCCCCC(=O)OCC(COC(=O)CCCCCCC/C=C\CCCCCCCCC)OC(=O)CCCCCCCCCCCCCCCC. The molecular weight excluding hydrogens is 757 g/mol. The highest BCUT2D eigenvalue weighted by Crippen LogP contribution is 2.16. The van der Waals surface area contributed by atoms with E-state index in [2.05, 4.69) is 45.1 Å². The molecule has 0 saturated heterocycles. The van der Waals surface area contributed by atoms with Crippen molar-refractivity contribution in [1.29, 1.82) is 0 Å². The van der Waals surface area contributed by atoms with Crippen molar-refractivity contribution in [3.05, 3.63) is 24.3 Å². The van der Waals surface area contributed by atoms with Crippen LogP contribution >= 0.6 is 0 Å². The molecule has 0 N–H and O–H groups in total. The molecule has 1 atom stereocenters. The Morgan fingerprint density at radius 3 is 0.836 bits per heavy atom. The second kappa shape index (κ2) is 50.5.